The van der Waals surface area contributed by atoms with Crippen molar-refractivity contribution in [2.24, 2.45) is 0 Å². The topological polar surface area (TPSA) is 93.3 Å². The van der Waals surface area contributed by atoms with Crippen LogP contribution in [0.25, 0.3) is 5.69 Å². The highest BCUT2D eigenvalue weighted by Crippen LogP contribution is 2.20. The third kappa shape index (κ3) is 4.01. The molecule has 144 valence electrons. The van der Waals surface area contributed by atoms with Gasteiger partial charge in [-0.25, -0.2) is 9.48 Å². The van der Waals surface area contributed by atoms with Gasteiger partial charge in [0.2, 0.25) is 0 Å². The van der Waals surface area contributed by atoms with Gasteiger partial charge >= 0.3 is 6.03 Å². The van der Waals surface area contributed by atoms with E-state index < -0.39 is 4.92 Å². The zero-order valence-electron chi connectivity index (χ0n) is 15.9. The summed E-state index contributed by atoms with van der Waals surface area (Å²) in [6, 6.07) is 15.2. The van der Waals surface area contributed by atoms with Crippen LogP contribution in [0.4, 0.5) is 16.2 Å². The molecule has 1 aromatic heterocycles. The van der Waals surface area contributed by atoms with Gasteiger partial charge in [-0.05, 0) is 38.1 Å². The van der Waals surface area contributed by atoms with Gasteiger partial charge in [0.15, 0.2) is 0 Å². The van der Waals surface area contributed by atoms with Gasteiger partial charge in [-0.3, -0.25) is 10.1 Å². The molecule has 0 aliphatic rings. The summed E-state index contributed by atoms with van der Waals surface area (Å²) < 4.78 is 1.87. The maximum absolute atomic E-state index is 12.5. The number of benzene rings is 2. The highest BCUT2D eigenvalue weighted by Gasteiger charge is 2.17. The second-order valence-electron chi connectivity index (χ2n) is 6.49. The molecule has 0 saturated heterocycles. The number of rotatable bonds is 5. The number of hydrogen-bond donors (Lipinski definition) is 1. The predicted molar refractivity (Wildman–Crippen MR) is 107 cm³/mol. The van der Waals surface area contributed by atoms with Crippen LogP contribution in [0.15, 0.2) is 54.6 Å². The van der Waals surface area contributed by atoms with Crippen LogP contribution in [0.1, 0.15) is 17.0 Å². The lowest BCUT2D eigenvalue weighted by molar-refractivity contribution is -0.384. The fourth-order valence-electron chi connectivity index (χ4n) is 2.92. The molecular weight excluding hydrogens is 358 g/mol. The van der Waals surface area contributed by atoms with Crippen molar-refractivity contribution in [3.05, 3.63) is 81.7 Å². The minimum Gasteiger partial charge on any atom is -0.323 e. The number of nitrogens with one attached hydrogen (secondary N) is 1. The first-order valence-corrected chi connectivity index (χ1v) is 8.74. The third-order valence-electron chi connectivity index (χ3n) is 4.51. The average molecular weight is 379 g/mol. The number of hydrogen-bond acceptors (Lipinski definition) is 4. The summed E-state index contributed by atoms with van der Waals surface area (Å²) in [6.45, 7) is 4.29. The predicted octanol–water partition coefficient (Wildman–Crippen LogP) is 4.06. The van der Waals surface area contributed by atoms with E-state index in [1.807, 2.05) is 48.9 Å². The fourth-order valence-corrected chi connectivity index (χ4v) is 2.92. The molecular formula is C20H21N5O3. The number of amides is 2. The van der Waals surface area contributed by atoms with Crippen LogP contribution in [0.2, 0.25) is 0 Å². The standard InChI is InChI=1S/C20H21N5O3/c1-14-19(15(2)24(22-14)17-7-5-4-6-8-17)13-23(3)20(26)21-16-9-11-18(12-10-16)25(27)28/h4-12H,13H2,1-3H3,(H,21,26). The van der Waals surface area contributed by atoms with Gasteiger partial charge < -0.3 is 10.2 Å². The number of anilines is 1. The van der Waals surface area contributed by atoms with Crippen molar-refractivity contribution in [3.8, 4) is 5.69 Å². The first-order valence-electron chi connectivity index (χ1n) is 8.74. The summed E-state index contributed by atoms with van der Waals surface area (Å²) in [6.07, 6.45) is 0. The summed E-state index contributed by atoms with van der Waals surface area (Å²) in [4.78, 5) is 24.3. The van der Waals surface area contributed by atoms with Crippen molar-refractivity contribution < 1.29 is 9.72 Å². The molecule has 0 bridgehead atoms. The number of para-hydroxylation sites is 1. The molecule has 2 aromatic carbocycles. The lowest BCUT2D eigenvalue weighted by Gasteiger charge is -2.18. The van der Waals surface area contributed by atoms with E-state index in [2.05, 4.69) is 10.4 Å². The number of aromatic nitrogens is 2. The van der Waals surface area contributed by atoms with E-state index in [4.69, 9.17) is 0 Å². The molecule has 8 nitrogen and oxygen atoms in total. The van der Waals surface area contributed by atoms with Crippen LogP contribution in [-0.2, 0) is 6.54 Å². The van der Waals surface area contributed by atoms with Crippen molar-refractivity contribution in [2.45, 2.75) is 20.4 Å². The zero-order valence-corrected chi connectivity index (χ0v) is 15.9. The molecule has 0 fully saturated rings. The number of nitrogens with zero attached hydrogens (tertiary/aromatic N) is 4. The molecule has 0 saturated carbocycles. The fraction of sp³-hybridized carbons (Fsp3) is 0.200. The Labute approximate surface area is 162 Å². The Morgan fingerprint density at radius 1 is 1.14 bits per heavy atom. The quantitative estimate of drug-likeness (QED) is 0.534. The molecule has 0 aliphatic carbocycles. The SMILES string of the molecule is Cc1nn(-c2ccccc2)c(C)c1CN(C)C(=O)Nc1ccc([N+](=O)[O-])cc1. The molecule has 0 aliphatic heterocycles. The van der Waals surface area contributed by atoms with E-state index in [1.54, 1.807) is 11.9 Å². The number of nitro benzene ring substituents is 1. The molecule has 28 heavy (non-hydrogen) atoms. The first-order chi connectivity index (χ1) is 13.4. The Morgan fingerprint density at radius 3 is 2.39 bits per heavy atom. The van der Waals surface area contributed by atoms with Gasteiger partial charge in [0.25, 0.3) is 5.69 Å². The Morgan fingerprint density at radius 2 is 1.79 bits per heavy atom. The van der Waals surface area contributed by atoms with E-state index in [0.717, 1.165) is 22.6 Å². The molecule has 0 atom stereocenters. The monoisotopic (exact) mass is 379 g/mol. The maximum Gasteiger partial charge on any atom is 0.321 e. The van der Waals surface area contributed by atoms with Gasteiger partial charge in [0.05, 0.1) is 22.8 Å². The van der Waals surface area contributed by atoms with Crippen LogP contribution < -0.4 is 5.32 Å². The first kappa shape index (κ1) is 19.1. The average Bonchev–Trinajstić information content (AvgIpc) is 2.97. The summed E-state index contributed by atoms with van der Waals surface area (Å²) in [5, 5.41) is 18.1. The van der Waals surface area contributed by atoms with E-state index >= 15 is 0 Å². The summed E-state index contributed by atoms with van der Waals surface area (Å²) in [5.41, 5.74) is 4.24. The number of carbonyl (C=O) groups excluding carboxylic acids is 1. The lowest BCUT2D eigenvalue weighted by atomic mass is 10.2. The molecule has 0 radical (unpaired) electrons. The van der Waals surface area contributed by atoms with Crippen molar-refractivity contribution in [3.63, 3.8) is 0 Å². The number of aryl methyl sites for hydroxylation is 1. The highest BCUT2D eigenvalue weighted by atomic mass is 16.6. The van der Waals surface area contributed by atoms with Gasteiger partial charge in [-0.2, -0.15) is 5.10 Å². The number of carbonyl (C=O) groups is 1. The molecule has 3 aromatic rings. The number of non-ortho nitro benzene ring substituents is 1. The van der Waals surface area contributed by atoms with Crippen LogP contribution in [-0.4, -0.2) is 32.7 Å². The molecule has 1 heterocycles. The lowest BCUT2D eigenvalue weighted by Crippen LogP contribution is -2.31. The summed E-state index contributed by atoms with van der Waals surface area (Å²) >= 11 is 0. The molecule has 0 spiro atoms. The highest BCUT2D eigenvalue weighted by molar-refractivity contribution is 5.89. The normalized spacial score (nSPS) is 10.5. The van der Waals surface area contributed by atoms with E-state index in [9.17, 15) is 14.9 Å². The van der Waals surface area contributed by atoms with Gasteiger partial charge in [-0.1, -0.05) is 18.2 Å². The Balaban J connectivity index is 1.72. The number of nitro groups is 1. The van der Waals surface area contributed by atoms with Crippen molar-refractivity contribution >= 4 is 17.4 Å². The smallest absolute Gasteiger partial charge is 0.321 e. The molecule has 3 rings (SSSR count). The van der Waals surface area contributed by atoms with Crippen molar-refractivity contribution in [1.29, 1.82) is 0 Å². The second kappa shape index (κ2) is 7.91. The van der Waals surface area contributed by atoms with Gasteiger partial charge in [-0.15, -0.1) is 0 Å². The van der Waals surface area contributed by atoms with Crippen molar-refractivity contribution in [1.82, 2.24) is 14.7 Å². The van der Waals surface area contributed by atoms with E-state index in [-0.39, 0.29) is 11.7 Å². The molecule has 2 amide bonds. The minimum absolute atomic E-state index is 0.0223. The van der Waals surface area contributed by atoms with E-state index in [1.165, 1.54) is 24.3 Å². The summed E-state index contributed by atoms with van der Waals surface area (Å²) in [5.74, 6) is 0. The van der Waals surface area contributed by atoms with Crippen molar-refractivity contribution in [2.75, 3.05) is 12.4 Å². The number of urea groups is 1. The van der Waals surface area contributed by atoms with Crippen LogP contribution >= 0.6 is 0 Å². The largest absolute Gasteiger partial charge is 0.323 e. The van der Waals surface area contributed by atoms with Crippen LogP contribution in [0, 0.1) is 24.0 Å². The zero-order chi connectivity index (χ0) is 20.3. The third-order valence-corrected chi connectivity index (χ3v) is 4.51. The van der Waals surface area contributed by atoms with E-state index in [0.29, 0.717) is 12.2 Å². The van der Waals surface area contributed by atoms with Gasteiger partial charge in [0, 0.05) is 36.1 Å². The molecule has 0 unspecified atom stereocenters. The minimum atomic E-state index is -0.479. The van der Waals surface area contributed by atoms with Crippen LogP contribution in [0.5, 0.6) is 0 Å². The Hall–Kier alpha value is -3.68. The maximum atomic E-state index is 12.5. The Kier molecular flexibility index (Phi) is 5.39. The van der Waals surface area contributed by atoms with Crippen LogP contribution in [0.3, 0.4) is 0 Å². The molecule has 1 N–H and O–H groups in total. The van der Waals surface area contributed by atoms with Gasteiger partial charge in [0.1, 0.15) is 0 Å². The molecule has 8 heteroatoms. The second-order valence-corrected chi connectivity index (χ2v) is 6.49. The summed E-state index contributed by atoms with van der Waals surface area (Å²) in [7, 11) is 1.69. The Bertz CT molecular complexity index is 997.